The number of fused-ring (bicyclic) bond motifs is 1. The van der Waals surface area contributed by atoms with Gasteiger partial charge in [-0.25, -0.2) is 0 Å². The molecular weight excluding hydrogens is 240 g/mol. The summed E-state index contributed by atoms with van der Waals surface area (Å²) < 4.78 is 0.975. The molecule has 3 heteroatoms. The Morgan fingerprint density at radius 1 is 1.36 bits per heavy atom. The van der Waals surface area contributed by atoms with E-state index in [4.69, 9.17) is 5.26 Å². The molecule has 0 saturated heterocycles. The summed E-state index contributed by atoms with van der Waals surface area (Å²) in [5.41, 5.74) is 1.73. The van der Waals surface area contributed by atoms with Gasteiger partial charge in [0.05, 0.1) is 5.56 Å². The van der Waals surface area contributed by atoms with Crippen molar-refractivity contribution in [2.75, 3.05) is 0 Å². The molecule has 1 heterocycles. The highest BCUT2D eigenvalue weighted by Gasteiger charge is 2.06. The van der Waals surface area contributed by atoms with Gasteiger partial charge in [0, 0.05) is 27.6 Å². The van der Waals surface area contributed by atoms with Crippen LogP contribution in [0.2, 0.25) is 0 Å². The lowest BCUT2D eigenvalue weighted by molar-refractivity contribution is 1.32. The SMILES string of the molecule is Cc1ccc(Br)c2cncc(C#N)c12. The van der Waals surface area contributed by atoms with Crippen molar-refractivity contribution in [2.24, 2.45) is 0 Å². The molecule has 0 saturated carbocycles. The second-order valence-electron chi connectivity index (χ2n) is 3.09. The summed E-state index contributed by atoms with van der Waals surface area (Å²) in [5.74, 6) is 0. The molecule has 0 aliphatic carbocycles. The van der Waals surface area contributed by atoms with Gasteiger partial charge in [-0.2, -0.15) is 5.26 Å². The summed E-state index contributed by atoms with van der Waals surface area (Å²) in [4.78, 5) is 4.03. The van der Waals surface area contributed by atoms with Crippen LogP contribution in [0.15, 0.2) is 29.0 Å². The van der Waals surface area contributed by atoms with Crippen molar-refractivity contribution in [1.82, 2.24) is 4.98 Å². The second kappa shape index (κ2) is 3.39. The van der Waals surface area contributed by atoms with E-state index in [0.717, 1.165) is 20.8 Å². The Bertz CT molecular complexity index is 541. The molecule has 2 rings (SSSR count). The van der Waals surface area contributed by atoms with Gasteiger partial charge in [-0.3, -0.25) is 4.98 Å². The Kier molecular flexibility index (Phi) is 2.22. The van der Waals surface area contributed by atoms with Gasteiger partial charge in [0.1, 0.15) is 6.07 Å². The highest BCUT2D eigenvalue weighted by Crippen LogP contribution is 2.27. The van der Waals surface area contributed by atoms with E-state index in [0.29, 0.717) is 5.56 Å². The first-order valence-corrected chi connectivity index (χ1v) is 4.96. The maximum Gasteiger partial charge on any atom is 0.101 e. The Morgan fingerprint density at radius 3 is 2.86 bits per heavy atom. The third-order valence-corrected chi connectivity index (χ3v) is 2.89. The minimum Gasteiger partial charge on any atom is -0.263 e. The second-order valence-corrected chi connectivity index (χ2v) is 3.94. The summed E-state index contributed by atoms with van der Waals surface area (Å²) in [6.07, 6.45) is 3.37. The molecule has 0 unspecified atom stereocenters. The van der Waals surface area contributed by atoms with Crippen LogP contribution in [0, 0.1) is 18.3 Å². The molecule has 0 atom stereocenters. The fourth-order valence-electron chi connectivity index (χ4n) is 1.52. The zero-order valence-corrected chi connectivity index (χ0v) is 9.17. The van der Waals surface area contributed by atoms with E-state index in [9.17, 15) is 0 Å². The molecule has 0 aliphatic heterocycles. The maximum absolute atomic E-state index is 8.95. The van der Waals surface area contributed by atoms with Crippen LogP contribution in [-0.2, 0) is 0 Å². The first kappa shape index (κ1) is 9.17. The molecule has 0 bridgehead atoms. The molecule has 2 nitrogen and oxygen atoms in total. The Labute approximate surface area is 90.3 Å². The van der Waals surface area contributed by atoms with Gasteiger partial charge in [0.15, 0.2) is 0 Å². The lowest BCUT2D eigenvalue weighted by Gasteiger charge is -2.04. The summed E-state index contributed by atoms with van der Waals surface area (Å²) in [6.45, 7) is 2.00. The first-order valence-electron chi connectivity index (χ1n) is 4.17. The van der Waals surface area contributed by atoms with Crippen molar-refractivity contribution in [3.63, 3.8) is 0 Å². The normalized spacial score (nSPS) is 10.1. The molecule has 0 radical (unpaired) electrons. The number of halogens is 1. The molecule has 0 spiro atoms. The highest BCUT2D eigenvalue weighted by atomic mass is 79.9. The van der Waals surface area contributed by atoms with Crippen molar-refractivity contribution in [3.8, 4) is 6.07 Å². The minimum atomic E-state index is 0.626. The van der Waals surface area contributed by atoms with Crippen molar-refractivity contribution < 1.29 is 0 Å². The number of hydrogen-bond donors (Lipinski definition) is 0. The smallest absolute Gasteiger partial charge is 0.101 e. The molecule has 68 valence electrons. The average Bonchev–Trinajstić information content (AvgIpc) is 2.23. The Morgan fingerprint density at radius 2 is 2.14 bits per heavy atom. The average molecular weight is 247 g/mol. The lowest BCUT2D eigenvalue weighted by atomic mass is 10.0. The number of aryl methyl sites for hydroxylation is 1. The van der Waals surface area contributed by atoms with Crippen molar-refractivity contribution >= 4 is 26.7 Å². The van der Waals surface area contributed by atoms with Crippen molar-refractivity contribution in [2.45, 2.75) is 6.92 Å². The zero-order valence-electron chi connectivity index (χ0n) is 7.58. The Hall–Kier alpha value is -1.40. The number of nitrogens with zero attached hydrogens (tertiary/aromatic N) is 2. The highest BCUT2D eigenvalue weighted by molar-refractivity contribution is 9.10. The molecule has 2 aromatic rings. The van der Waals surface area contributed by atoms with Gasteiger partial charge in [-0.1, -0.05) is 22.0 Å². The van der Waals surface area contributed by atoms with E-state index in [-0.39, 0.29) is 0 Å². The Balaban J connectivity index is 3.01. The van der Waals surface area contributed by atoms with Crippen LogP contribution in [0.5, 0.6) is 0 Å². The molecule has 0 aliphatic rings. The van der Waals surface area contributed by atoms with Gasteiger partial charge in [0.25, 0.3) is 0 Å². The van der Waals surface area contributed by atoms with E-state index in [2.05, 4.69) is 27.0 Å². The largest absolute Gasteiger partial charge is 0.263 e. The van der Waals surface area contributed by atoms with Crippen LogP contribution >= 0.6 is 15.9 Å². The molecule has 0 fully saturated rings. The fraction of sp³-hybridized carbons (Fsp3) is 0.0909. The molecule has 0 N–H and O–H groups in total. The van der Waals surface area contributed by atoms with E-state index in [1.54, 1.807) is 12.4 Å². The van der Waals surface area contributed by atoms with Crippen LogP contribution in [-0.4, -0.2) is 4.98 Å². The summed E-state index contributed by atoms with van der Waals surface area (Å²) in [5, 5.41) is 10.9. The van der Waals surface area contributed by atoms with Gasteiger partial charge >= 0.3 is 0 Å². The lowest BCUT2D eigenvalue weighted by Crippen LogP contribution is -1.86. The molecule has 0 amide bonds. The zero-order chi connectivity index (χ0) is 10.1. The molecule has 14 heavy (non-hydrogen) atoms. The predicted molar refractivity (Wildman–Crippen MR) is 58.9 cm³/mol. The minimum absolute atomic E-state index is 0.626. The maximum atomic E-state index is 8.95. The number of benzene rings is 1. The van der Waals surface area contributed by atoms with Crippen LogP contribution in [0.1, 0.15) is 11.1 Å². The van der Waals surface area contributed by atoms with Crippen LogP contribution in [0.3, 0.4) is 0 Å². The van der Waals surface area contributed by atoms with Crippen LogP contribution in [0.4, 0.5) is 0 Å². The van der Waals surface area contributed by atoms with Gasteiger partial charge in [0.2, 0.25) is 0 Å². The van der Waals surface area contributed by atoms with Gasteiger partial charge in [-0.15, -0.1) is 0 Å². The van der Waals surface area contributed by atoms with Crippen LogP contribution in [0.25, 0.3) is 10.8 Å². The summed E-state index contributed by atoms with van der Waals surface area (Å²) in [6, 6.07) is 6.12. The molecule has 1 aromatic heterocycles. The molecule has 1 aromatic carbocycles. The van der Waals surface area contributed by atoms with E-state index in [1.807, 2.05) is 19.1 Å². The quantitative estimate of drug-likeness (QED) is 0.716. The van der Waals surface area contributed by atoms with Gasteiger partial charge in [-0.05, 0) is 18.6 Å². The predicted octanol–water partition coefficient (Wildman–Crippen LogP) is 3.18. The number of hydrogen-bond acceptors (Lipinski definition) is 2. The van der Waals surface area contributed by atoms with Crippen molar-refractivity contribution in [3.05, 3.63) is 40.1 Å². The monoisotopic (exact) mass is 246 g/mol. The molecular formula is C11H7BrN2. The van der Waals surface area contributed by atoms with E-state index >= 15 is 0 Å². The number of pyridine rings is 1. The third kappa shape index (κ3) is 1.28. The standard InChI is InChI=1S/C11H7BrN2/c1-7-2-3-10(12)9-6-14-5-8(4-13)11(7)9/h2-3,5-6H,1H3. The van der Waals surface area contributed by atoms with Crippen LogP contribution < -0.4 is 0 Å². The van der Waals surface area contributed by atoms with E-state index in [1.165, 1.54) is 0 Å². The van der Waals surface area contributed by atoms with Crippen molar-refractivity contribution in [1.29, 1.82) is 5.26 Å². The summed E-state index contributed by atoms with van der Waals surface area (Å²) in [7, 11) is 0. The topological polar surface area (TPSA) is 36.7 Å². The van der Waals surface area contributed by atoms with E-state index < -0.39 is 0 Å². The first-order chi connectivity index (χ1) is 6.74. The number of rotatable bonds is 0. The third-order valence-electron chi connectivity index (χ3n) is 2.20. The number of aromatic nitrogens is 1. The summed E-state index contributed by atoms with van der Waals surface area (Å²) >= 11 is 3.44. The number of nitriles is 1. The van der Waals surface area contributed by atoms with Gasteiger partial charge < -0.3 is 0 Å². The fourth-order valence-corrected chi connectivity index (χ4v) is 1.96.